The van der Waals surface area contributed by atoms with Crippen molar-refractivity contribution in [1.82, 2.24) is 4.90 Å². The van der Waals surface area contributed by atoms with Crippen molar-refractivity contribution in [3.63, 3.8) is 0 Å². The Bertz CT molecular complexity index is 660. The largest absolute Gasteiger partial charge is 0.468 e. The third-order valence-corrected chi connectivity index (χ3v) is 6.46. The second-order valence-electron chi connectivity index (χ2n) is 5.10. The van der Waals surface area contributed by atoms with Crippen LogP contribution in [0.25, 0.3) is 0 Å². The van der Waals surface area contributed by atoms with Gasteiger partial charge in [-0.2, -0.15) is 0 Å². The number of hydrogen-bond donors (Lipinski definition) is 0. The van der Waals surface area contributed by atoms with Gasteiger partial charge in [0.15, 0.2) is 9.84 Å². The smallest absolute Gasteiger partial charge is 0.320 e. The van der Waals surface area contributed by atoms with Gasteiger partial charge in [-0.1, -0.05) is 18.2 Å². The zero-order valence-corrected chi connectivity index (χ0v) is 14.4. The first-order valence-corrected chi connectivity index (χ1v) is 9.89. The Labute approximate surface area is 140 Å². The highest BCUT2D eigenvalue weighted by molar-refractivity contribution is 8.00. The molecule has 0 aromatic heterocycles. The molecule has 2 rings (SSSR count). The maximum absolute atomic E-state index is 12.2. The number of methoxy groups -OCH3 is 1. The van der Waals surface area contributed by atoms with Crippen molar-refractivity contribution < 1.29 is 22.7 Å². The molecule has 6 nitrogen and oxygen atoms in total. The number of carbonyl (C=O) groups excluding carboxylic acids is 2. The number of benzene rings is 1. The first-order valence-electron chi connectivity index (χ1n) is 7.19. The minimum atomic E-state index is -3.47. The summed E-state index contributed by atoms with van der Waals surface area (Å²) in [6.45, 7) is 0.782. The van der Waals surface area contributed by atoms with Crippen LogP contribution in [0.2, 0.25) is 0 Å². The fourth-order valence-electron chi connectivity index (χ4n) is 2.28. The van der Waals surface area contributed by atoms with E-state index in [4.69, 9.17) is 4.74 Å². The lowest BCUT2D eigenvalue weighted by atomic mass is 10.3. The Morgan fingerprint density at radius 1 is 1.30 bits per heavy atom. The Balaban J connectivity index is 1.93. The quantitative estimate of drug-likeness (QED) is 0.731. The van der Waals surface area contributed by atoms with E-state index in [0.29, 0.717) is 12.3 Å². The number of sulfone groups is 1. The molecule has 1 aromatic rings. The van der Waals surface area contributed by atoms with Gasteiger partial charge in [-0.15, -0.1) is 11.8 Å². The average Bonchev–Trinajstić information content (AvgIpc) is 2.60. The van der Waals surface area contributed by atoms with E-state index in [-0.39, 0.29) is 35.5 Å². The molecule has 0 radical (unpaired) electrons. The van der Waals surface area contributed by atoms with Crippen LogP contribution in [0, 0.1) is 0 Å². The fourth-order valence-corrected chi connectivity index (χ4v) is 4.65. The highest BCUT2D eigenvalue weighted by Crippen LogP contribution is 2.21. The summed E-state index contributed by atoms with van der Waals surface area (Å²) >= 11 is 1.45. The monoisotopic (exact) mass is 357 g/mol. The van der Waals surface area contributed by atoms with Crippen molar-refractivity contribution in [3.05, 3.63) is 30.3 Å². The van der Waals surface area contributed by atoms with Crippen molar-refractivity contribution >= 4 is 33.5 Å². The molecule has 0 bridgehead atoms. The molecule has 8 heteroatoms. The molecule has 0 unspecified atom stereocenters. The van der Waals surface area contributed by atoms with E-state index in [1.807, 2.05) is 0 Å². The summed E-state index contributed by atoms with van der Waals surface area (Å²) in [4.78, 5) is 25.6. The van der Waals surface area contributed by atoms with Crippen molar-refractivity contribution in [2.24, 2.45) is 0 Å². The molecule has 1 heterocycles. The Hall–Kier alpha value is -1.54. The molecule has 1 aromatic carbocycles. The lowest BCUT2D eigenvalue weighted by molar-refractivity contribution is -0.141. The summed E-state index contributed by atoms with van der Waals surface area (Å²) in [5.74, 6) is -0.206. The minimum absolute atomic E-state index is 0.0875. The molecule has 0 N–H and O–H groups in total. The van der Waals surface area contributed by atoms with E-state index in [2.05, 4.69) is 0 Å². The fraction of sp³-hybridized carbons (Fsp3) is 0.467. The van der Waals surface area contributed by atoms with Crippen LogP contribution in [0.5, 0.6) is 0 Å². The van der Waals surface area contributed by atoms with Crippen LogP contribution >= 0.6 is 11.8 Å². The zero-order valence-electron chi connectivity index (χ0n) is 12.8. The van der Waals surface area contributed by atoms with Crippen LogP contribution in [0.3, 0.4) is 0 Å². The van der Waals surface area contributed by atoms with E-state index < -0.39 is 15.1 Å². The molecule has 1 aliphatic heterocycles. The predicted molar refractivity (Wildman–Crippen MR) is 88.0 cm³/mol. The van der Waals surface area contributed by atoms with Gasteiger partial charge in [-0.25, -0.2) is 8.42 Å². The van der Waals surface area contributed by atoms with E-state index in [1.54, 1.807) is 23.1 Å². The van der Waals surface area contributed by atoms with Gasteiger partial charge in [0, 0.05) is 25.3 Å². The number of thioether (sulfide) groups is 1. The van der Waals surface area contributed by atoms with Crippen LogP contribution in [-0.2, 0) is 24.2 Å². The number of rotatable bonds is 5. The van der Waals surface area contributed by atoms with Crippen molar-refractivity contribution in [1.29, 1.82) is 0 Å². The van der Waals surface area contributed by atoms with Crippen LogP contribution in [-0.4, -0.2) is 62.1 Å². The molecule has 126 valence electrons. The van der Waals surface area contributed by atoms with Gasteiger partial charge in [-0.3, -0.25) is 9.59 Å². The van der Waals surface area contributed by atoms with Gasteiger partial charge < -0.3 is 9.64 Å². The molecule has 1 amide bonds. The van der Waals surface area contributed by atoms with E-state index in [1.165, 1.54) is 31.0 Å². The van der Waals surface area contributed by atoms with Crippen molar-refractivity contribution in [2.45, 2.75) is 16.6 Å². The summed E-state index contributed by atoms with van der Waals surface area (Å²) in [7, 11) is -2.16. The average molecular weight is 357 g/mol. The number of ether oxygens (including phenoxy) is 1. The van der Waals surface area contributed by atoms with Crippen molar-refractivity contribution in [3.8, 4) is 0 Å². The van der Waals surface area contributed by atoms with Gasteiger partial charge in [0.25, 0.3) is 0 Å². The summed E-state index contributed by atoms with van der Waals surface area (Å²) in [6.07, 6.45) is -0.0875. The highest BCUT2D eigenvalue weighted by Gasteiger charge is 2.30. The molecule has 0 spiro atoms. The Kier molecular flexibility index (Phi) is 6.06. The second kappa shape index (κ2) is 7.83. The van der Waals surface area contributed by atoms with E-state index >= 15 is 0 Å². The minimum Gasteiger partial charge on any atom is -0.468 e. The predicted octanol–water partition coefficient (Wildman–Crippen LogP) is 0.967. The Morgan fingerprint density at radius 2 is 2.00 bits per heavy atom. The number of nitrogens with zero attached hydrogens (tertiary/aromatic N) is 1. The maximum atomic E-state index is 12.2. The first-order chi connectivity index (χ1) is 10.9. The lowest BCUT2D eigenvalue weighted by Gasteiger charge is -2.31. The van der Waals surface area contributed by atoms with Crippen LogP contribution in [0.1, 0.15) is 6.42 Å². The third-order valence-electron chi connectivity index (χ3n) is 3.57. The van der Waals surface area contributed by atoms with Gasteiger partial charge >= 0.3 is 5.97 Å². The SMILES string of the molecule is COC(=O)[C@H]1CN(C(=O)CCS(=O)(=O)c2ccccc2)CCS1. The maximum Gasteiger partial charge on any atom is 0.320 e. The normalized spacial score (nSPS) is 18.5. The van der Waals surface area contributed by atoms with E-state index in [0.717, 1.165) is 0 Å². The standard InChI is InChI=1S/C15H19NO5S2/c1-21-15(18)13-11-16(8-9-22-13)14(17)7-10-23(19,20)12-5-3-2-4-6-12/h2-6,13H,7-11H2,1H3/t13-/m1/s1. The summed E-state index contributed by atoms with van der Waals surface area (Å²) < 4.78 is 29.1. The molecule has 1 fully saturated rings. The summed E-state index contributed by atoms with van der Waals surface area (Å²) in [5.41, 5.74) is 0. The van der Waals surface area contributed by atoms with Gasteiger partial charge in [0.2, 0.25) is 5.91 Å². The molecular weight excluding hydrogens is 338 g/mol. The third kappa shape index (κ3) is 4.71. The summed E-state index contributed by atoms with van der Waals surface area (Å²) in [5, 5.41) is -0.400. The molecule has 0 saturated carbocycles. The van der Waals surface area contributed by atoms with Crippen LogP contribution < -0.4 is 0 Å². The molecule has 0 aliphatic carbocycles. The lowest BCUT2D eigenvalue weighted by Crippen LogP contribution is -2.45. The molecule has 23 heavy (non-hydrogen) atoms. The Morgan fingerprint density at radius 3 is 2.65 bits per heavy atom. The second-order valence-corrected chi connectivity index (χ2v) is 8.52. The number of amides is 1. The molecular formula is C15H19NO5S2. The first kappa shape index (κ1) is 17.8. The van der Waals surface area contributed by atoms with Crippen LogP contribution in [0.4, 0.5) is 0 Å². The number of carbonyl (C=O) groups is 2. The summed E-state index contributed by atoms with van der Waals surface area (Å²) in [6, 6.07) is 8.08. The topological polar surface area (TPSA) is 80.8 Å². The molecule has 1 atom stereocenters. The van der Waals surface area contributed by atoms with Gasteiger partial charge in [-0.05, 0) is 12.1 Å². The van der Waals surface area contributed by atoms with Gasteiger partial charge in [0.1, 0.15) is 5.25 Å². The van der Waals surface area contributed by atoms with Crippen molar-refractivity contribution in [2.75, 3.05) is 31.7 Å². The molecule has 1 saturated heterocycles. The molecule has 1 aliphatic rings. The zero-order chi connectivity index (χ0) is 16.9. The van der Waals surface area contributed by atoms with E-state index in [9.17, 15) is 18.0 Å². The van der Waals surface area contributed by atoms with Crippen LogP contribution in [0.15, 0.2) is 35.2 Å². The van der Waals surface area contributed by atoms with Gasteiger partial charge in [0.05, 0.1) is 17.8 Å². The highest BCUT2D eigenvalue weighted by atomic mass is 32.2. The number of esters is 1. The number of hydrogen-bond acceptors (Lipinski definition) is 6.